The molecule has 1 unspecified atom stereocenters. The smallest absolute Gasteiger partial charge is 0.164 e. The molecule has 3 N–H and O–H groups in total. The first-order chi connectivity index (χ1) is 8.45. The minimum Gasteiger partial charge on any atom is -0.388 e. The number of aliphatic hydroxyl groups excluding tert-OH is 1. The van der Waals surface area contributed by atoms with Gasteiger partial charge in [0.25, 0.3) is 0 Å². The molecule has 2 heterocycles. The highest BCUT2D eigenvalue weighted by Crippen LogP contribution is 2.44. The van der Waals surface area contributed by atoms with Crippen LogP contribution in [0.25, 0.3) is 5.52 Å². The normalized spacial score (nSPS) is 20.9. The van der Waals surface area contributed by atoms with Gasteiger partial charge in [-0.25, -0.2) is 4.52 Å². The summed E-state index contributed by atoms with van der Waals surface area (Å²) in [6, 6.07) is 5.74. The number of nitrogen functional groups attached to an aromatic ring is 1. The van der Waals surface area contributed by atoms with Gasteiger partial charge in [-0.05, 0) is 12.5 Å². The third-order valence-corrected chi connectivity index (χ3v) is 3.67. The van der Waals surface area contributed by atoms with Crippen LogP contribution in [0.2, 0.25) is 0 Å². The van der Waals surface area contributed by atoms with Gasteiger partial charge in [0, 0.05) is 11.0 Å². The fourth-order valence-corrected chi connectivity index (χ4v) is 2.89. The fraction of sp³-hybridized carbons (Fsp3) is 0.385. The van der Waals surface area contributed by atoms with E-state index in [4.69, 9.17) is 11.0 Å². The lowest BCUT2D eigenvalue weighted by Gasteiger charge is -2.19. The predicted octanol–water partition coefficient (Wildman–Crippen LogP) is 1.50. The van der Waals surface area contributed by atoms with E-state index in [2.05, 4.69) is 25.0 Å². The summed E-state index contributed by atoms with van der Waals surface area (Å²) in [7, 11) is 0. The third kappa shape index (κ3) is 1.21. The quantitative estimate of drug-likeness (QED) is 0.733. The van der Waals surface area contributed by atoms with Crippen molar-refractivity contribution >= 4 is 11.3 Å². The first-order valence-corrected chi connectivity index (χ1v) is 5.85. The highest BCUT2D eigenvalue weighted by atomic mass is 16.3. The van der Waals surface area contributed by atoms with Crippen LogP contribution in [0.1, 0.15) is 43.2 Å². The number of nitrogens with zero attached hydrogens (tertiary/aromatic N) is 3. The summed E-state index contributed by atoms with van der Waals surface area (Å²) in [4.78, 5) is 0. The van der Waals surface area contributed by atoms with Crippen LogP contribution in [0.3, 0.4) is 0 Å². The molecular weight excluding hydrogens is 228 g/mol. The molecule has 0 aliphatic heterocycles. The second kappa shape index (κ2) is 3.24. The standard InChI is InChI=1S/C13H14N4O/c1-13(2)5-10(18)7-3-4-9-8(6-14)12(15)16-17(9)11(7)13/h3-4,10,18H,5H2,1-2H3,(H2,15,16). The minimum atomic E-state index is -0.477. The van der Waals surface area contributed by atoms with Crippen molar-refractivity contribution in [2.24, 2.45) is 0 Å². The maximum Gasteiger partial charge on any atom is 0.164 e. The Morgan fingerprint density at radius 1 is 1.56 bits per heavy atom. The Labute approximate surface area is 104 Å². The number of nitrogens with two attached hydrogens (primary N) is 1. The van der Waals surface area contributed by atoms with Gasteiger partial charge in [0.1, 0.15) is 11.6 Å². The van der Waals surface area contributed by atoms with E-state index in [-0.39, 0.29) is 11.2 Å². The SMILES string of the molecule is CC1(C)CC(O)c2ccc3c(C#N)c(N)nn3c21. The number of anilines is 1. The lowest BCUT2D eigenvalue weighted by atomic mass is 9.90. The van der Waals surface area contributed by atoms with Gasteiger partial charge in [-0.15, -0.1) is 5.10 Å². The summed E-state index contributed by atoms with van der Waals surface area (Å²) in [5.74, 6) is 0.239. The monoisotopic (exact) mass is 242 g/mol. The lowest BCUT2D eigenvalue weighted by Crippen LogP contribution is -2.17. The van der Waals surface area contributed by atoms with Gasteiger partial charge in [-0.1, -0.05) is 19.9 Å². The average molecular weight is 242 g/mol. The fourth-order valence-electron chi connectivity index (χ4n) is 2.89. The zero-order chi connectivity index (χ0) is 13.1. The maximum atomic E-state index is 10.1. The number of hydrogen-bond donors (Lipinski definition) is 2. The van der Waals surface area contributed by atoms with Crippen molar-refractivity contribution < 1.29 is 5.11 Å². The molecule has 0 saturated heterocycles. The van der Waals surface area contributed by atoms with Crippen molar-refractivity contribution in [1.29, 1.82) is 5.26 Å². The summed E-state index contributed by atoms with van der Waals surface area (Å²) in [6.45, 7) is 4.12. The van der Waals surface area contributed by atoms with E-state index in [9.17, 15) is 5.11 Å². The third-order valence-electron chi connectivity index (χ3n) is 3.67. The van der Waals surface area contributed by atoms with Crippen LogP contribution in [0.15, 0.2) is 12.1 Å². The lowest BCUT2D eigenvalue weighted by molar-refractivity contribution is 0.161. The Morgan fingerprint density at radius 2 is 2.28 bits per heavy atom. The number of aliphatic hydroxyl groups is 1. The van der Waals surface area contributed by atoms with Gasteiger partial charge in [0.2, 0.25) is 0 Å². The molecule has 18 heavy (non-hydrogen) atoms. The van der Waals surface area contributed by atoms with Crippen molar-refractivity contribution in [2.75, 3.05) is 5.73 Å². The molecule has 1 aliphatic rings. The largest absolute Gasteiger partial charge is 0.388 e. The molecule has 92 valence electrons. The van der Waals surface area contributed by atoms with Gasteiger partial charge < -0.3 is 10.8 Å². The average Bonchev–Trinajstić information content (AvgIpc) is 2.72. The van der Waals surface area contributed by atoms with Crippen molar-refractivity contribution in [3.8, 4) is 6.07 Å². The second-order valence-electron chi connectivity index (χ2n) is 5.41. The number of nitriles is 1. The van der Waals surface area contributed by atoms with Gasteiger partial charge in [-0.3, -0.25) is 0 Å². The Bertz CT molecular complexity index is 693. The Kier molecular flexibility index (Phi) is 1.99. The number of aromatic nitrogens is 2. The summed E-state index contributed by atoms with van der Waals surface area (Å²) in [5, 5.41) is 23.4. The molecule has 0 bridgehead atoms. The zero-order valence-corrected chi connectivity index (χ0v) is 10.3. The van der Waals surface area contributed by atoms with E-state index in [1.165, 1.54) is 0 Å². The van der Waals surface area contributed by atoms with Gasteiger partial charge in [-0.2, -0.15) is 5.26 Å². The van der Waals surface area contributed by atoms with Crippen LogP contribution in [0.5, 0.6) is 0 Å². The van der Waals surface area contributed by atoms with Crippen LogP contribution in [0, 0.1) is 11.3 Å². The first-order valence-electron chi connectivity index (χ1n) is 5.85. The topological polar surface area (TPSA) is 87.3 Å². The van der Waals surface area contributed by atoms with E-state index in [0.29, 0.717) is 17.5 Å². The Hall–Kier alpha value is -2.06. The van der Waals surface area contributed by atoms with E-state index in [1.54, 1.807) is 10.6 Å². The molecule has 5 nitrogen and oxygen atoms in total. The molecular formula is C13H14N4O. The minimum absolute atomic E-state index is 0.181. The van der Waals surface area contributed by atoms with E-state index >= 15 is 0 Å². The Balaban J connectivity index is 2.45. The van der Waals surface area contributed by atoms with Crippen LogP contribution < -0.4 is 5.73 Å². The van der Waals surface area contributed by atoms with Crippen LogP contribution in [0.4, 0.5) is 5.82 Å². The predicted molar refractivity (Wildman–Crippen MR) is 66.9 cm³/mol. The molecule has 1 aliphatic carbocycles. The molecule has 2 aromatic heterocycles. The van der Waals surface area contributed by atoms with Crippen LogP contribution >= 0.6 is 0 Å². The number of rotatable bonds is 0. The van der Waals surface area contributed by atoms with Gasteiger partial charge >= 0.3 is 0 Å². The molecule has 2 aromatic rings. The van der Waals surface area contributed by atoms with Crippen molar-refractivity contribution in [3.63, 3.8) is 0 Å². The molecule has 0 saturated carbocycles. The van der Waals surface area contributed by atoms with Crippen LogP contribution in [-0.2, 0) is 5.41 Å². The Morgan fingerprint density at radius 3 is 2.94 bits per heavy atom. The van der Waals surface area contributed by atoms with E-state index in [0.717, 1.165) is 11.3 Å². The summed E-state index contributed by atoms with van der Waals surface area (Å²) in [6.07, 6.45) is 0.179. The van der Waals surface area contributed by atoms with Gasteiger partial charge in [0.05, 0.1) is 17.3 Å². The molecule has 0 fully saturated rings. The number of hydrogen-bond acceptors (Lipinski definition) is 4. The highest BCUT2D eigenvalue weighted by Gasteiger charge is 2.39. The van der Waals surface area contributed by atoms with E-state index in [1.807, 2.05) is 6.07 Å². The summed E-state index contributed by atoms with van der Waals surface area (Å²) >= 11 is 0. The molecule has 3 rings (SSSR count). The number of fused-ring (bicyclic) bond motifs is 3. The molecule has 5 heteroatoms. The second-order valence-corrected chi connectivity index (χ2v) is 5.41. The number of pyridine rings is 1. The van der Waals surface area contributed by atoms with E-state index < -0.39 is 6.10 Å². The van der Waals surface area contributed by atoms with Crippen molar-refractivity contribution in [1.82, 2.24) is 9.61 Å². The summed E-state index contributed by atoms with van der Waals surface area (Å²) in [5.41, 5.74) is 8.51. The molecule has 0 spiro atoms. The molecule has 0 amide bonds. The van der Waals surface area contributed by atoms with Crippen molar-refractivity contribution in [2.45, 2.75) is 31.8 Å². The summed E-state index contributed by atoms with van der Waals surface area (Å²) < 4.78 is 1.71. The molecule has 0 radical (unpaired) electrons. The van der Waals surface area contributed by atoms with Gasteiger partial charge in [0.15, 0.2) is 5.82 Å². The van der Waals surface area contributed by atoms with Crippen molar-refractivity contribution in [3.05, 3.63) is 29.0 Å². The molecule has 1 atom stereocenters. The highest BCUT2D eigenvalue weighted by molar-refractivity contribution is 5.71. The zero-order valence-electron chi connectivity index (χ0n) is 10.3. The molecule has 0 aromatic carbocycles. The maximum absolute atomic E-state index is 10.1. The van der Waals surface area contributed by atoms with Crippen LogP contribution in [-0.4, -0.2) is 14.7 Å². The first kappa shape index (κ1) is 11.1.